The number of hydrogen-bond acceptors (Lipinski definition) is 4. The first kappa shape index (κ1) is 22.3. The minimum atomic E-state index is -1.04. The van der Waals surface area contributed by atoms with Crippen LogP contribution in [0.25, 0.3) is 0 Å². The Balaban J connectivity index is 1.86. The average molecular weight is 407 g/mol. The Bertz CT molecular complexity index is 857. The Morgan fingerprint density at radius 2 is 1.76 bits per heavy atom. The molecule has 0 aliphatic heterocycles. The number of benzene rings is 2. The Hall–Kier alpha value is -3.00. The summed E-state index contributed by atoms with van der Waals surface area (Å²) in [5.41, 5.74) is 1.83. The van der Waals surface area contributed by atoms with Crippen molar-refractivity contribution in [1.82, 2.24) is 5.32 Å². The van der Waals surface area contributed by atoms with Crippen molar-refractivity contribution in [3.05, 3.63) is 70.8 Å². The lowest BCUT2D eigenvalue weighted by atomic mass is 10.0. The second-order valence-corrected chi connectivity index (χ2v) is 6.71. The number of alkyl carbamates (subject to hydrolysis) is 1. The molecule has 1 unspecified atom stereocenters. The average Bonchev–Trinajstić information content (AvgIpc) is 2.66. The minimum absolute atomic E-state index is 0.160. The summed E-state index contributed by atoms with van der Waals surface area (Å²) in [4.78, 5) is 23.1. The Kier molecular flexibility index (Phi) is 8.09. The second kappa shape index (κ2) is 10.5. The highest BCUT2D eigenvalue weighted by Crippen LogP contribution is 2.12. The van der Waals surface area contributed by atoms with Crippen molar-refractivity contribution >= 4 is 12.1 Å². The number of hydrogen-bond donors (Lipinski definition) is 2. The highest BCUT2D eigenvalue weighted by Gasteiger charge is 2.20. The fraction of sp³-hybridized carbons (Fsp3) is 0.333. The maximum absolute atomic E-state index is 13.1. The summed E-state index contributed by atoms with van der Waals surface area (Å²) in [6.07, 6.45) is -1.70. The predicted octanol–water partition coefficient (Wildman–Crippen LogP) is 3.81. The molecule has 0 saturated heterocycles. The molecular formula is C21H23F2NO5. The normalized spacial score (nSPS) is 11.9. The third kappa shape index (κ3) is 7.50. The summed E-state index contributed by atoms with van der Waals surface area (Å²) in [5, 5.41) is 11.8. The highest BCUT2D eigenvalue weighted by molar-refractivity contribution is 5.72. The number of carbonyl (C=O) groups is 2. The quantitative estimate of drug-likeness (QED) is 0.660. The van der Waals surface area contributed by atoms with Gasteiger partial charge in [-0.25, -0.2) is 18.4 Å². The van der Waals surface area contributed by atoms with E-state index in [4.69, 9.17) is 9.47 Å². The number of carboxylic acid groups (broad SMARTS) is 1. The van der Waals surface area contributed by atoms with E-state index in [9.17, 15) is 23.5 Å². The van der Waals surface area contributed by atoms with E-state index in [1.165, 1.54) is 6.07 Å². The summed E-state index contributed by atoms with van der Waals surface area (Å²) in [6, 6.07) is 10.3. The molecular weight excluding hydrogens is 384 g/mol. The number of carboxylic acids is 1. The zero-order valence-corrected chi connectivity index (χ0v) is 16.2. The van der Waals surface area contributed by atoms with E-state index >= 15 is 0 Å². The van der Waals surface area contributed by atoms with Crippen LogP contribution in [0.1, 0.15) is 30.5 Å². The van der Waals surface area contributed by atoms with Crippen LogP contribution in [0.15, 0.2) is 42.5 Å². The van der Waals surface area contributed by atoms with Crippen LogP contribution in [0.2, 0.25) is 0 Å². The molecule has 156 valence electrons. The molecule has 0 saturated carbocycles. The van der Waals surface area contributed by atoms with E-state index in [1.807, 2.05) is 0 Å². The molecule has 2 aromatic rings. The first-order chi connectivity index (χ1) is 13.7. The van der Waals surface area contributed by atoms with Crippen molar-refractivity contribution in [2.45, 2.75) is 45.6 Å². The number of halogens is 2. The molecule has 2 N–H and O–H groups in total. The van der Waals surface area contributed by atoms with Gasteiger partial charge in [0.15, 0.2) is 17.7 Å². The minimum Gasteiger partial charge on any atom is -0.479 e. The van der Waals surface area contributed by atoms with Crippen LogP contribution in [0.5, 0.6) is 0 Å². The molecule has 8 heteroatoms. The molecule has 2 aromatic carbocycles. The van der Waals surface area contributed by atoms with E-state index in [2.05, 4.69) is 5.32 Å². The highest BCUT2D eigenvalue weighted by atomic mass is 19.2. The number of ether oxygens (including phenoxy) is 2. The van der Waals surface area contributed by atoms with Gasteiger partial charge in [0.1, 0.15) is 6.61 Å². The molecule has 0 fully saturated rings. The number of rotatable bonds is 9. The fourth-order valence-corrected chi connectivity index (χ4v) is 2.61. The smallest absolute Gasteiger partial charge is 0.407 e. The zero-order valence-electron chi connectivity index (χ0n) is 16.2. The van der Waals surface area contributed by atoms with Gasteiger partial charge < -0.3 is 19.9 Å². The van der Waals surface area contributed by atoms with Crippen LogP contribution < -0.4 is 5.32 Å². The molecule has 0 heterocycles. The van der Waals surface area contributed by atoms with Gasteiger partial charge in [-0.1, -0.05) is 30.3 Å². The van der Waals surface area contributed by atoms with Crippen molar-refractivity contribution in [3.63, 3.8) is 0 Å². The number of nitrogens with one attached hydrogen (secondary N) is 1. The number of aliphatic carboxylic acids is 1. The van der Waals surface area contributed by atoms with Crippen molar-refractivity contribution < 1.29 is 33.0 Å². The first-order valence-electron chi connectivity index (χ1n) is 9.05. The van der Waals surface area contributed by atoms with Gasteiger partial charge >= 0.3 is 12.1 Å². The Labute approximate surface area is 167 Å². The maximum atomic E-state index is 13.1. The molecule has 6 nitrogen and oxygen atoms in total. The molecule has 0 aliphatic carbocycles. The van der Waals surface area contributed by atoms with E-state index in [1.54, 1.807) is 38.1 Å². The van der Waals surface area contributed by atoms with Crippen LogP contribution >= 0.6 is 0 Å². The molecule has 0 bridgehead atoms. The SMILES string of the molecule is CC(C)OC(Cc1cccc(CNC(=O)OCc2ccc(F)c(F)c2)c1)C(=O)O. The maximum Gasteiger partial charge on any atom is 0.407 e. The predicted molar refractivity (Wildman–Crippen MR) is 101 cm³/mol. The number of amides is 1. The molecule has 0 spiro atoms. The summed E-state index contributed by atoms with van der Waals surface area (Å²) in [7, 11) is 0. The molecule has 0 aliphatic rings. The molecule has 1 atom stereocenters. The molecule has 29 heavy (non-hydrogen) atoms. The van der Waals surface area contributed by atoms with E-state index in [0.29, 0.717) is 5.56 Å². The lowest BCUT2D eigenvalue weighted by molar-refractivity contribution is -0.153. The van der Waals surface area contributed by atoms with Crippen LogP contribution in [0.3, 0.4) is 0 Å². The van der Waals surface area contributed by atoms with Crippen LogP contribution in [0.4, 0.5) is 13.6 Å². The molecule has 0 radical (unpaired) electrons. The summed E-state index contributed by atoms with van der Waals surface area (Å²) in [5.74, 6) is -3.02. The van der Waals surface area contributed by atoms with Gasteiger partial charge in [-0.3, -0.25) is 0 Å². The molecule has 1 amide bonds. The first-order valence-corrected chi connectivity index (χ1v) is 9.05. The van der Waals surface area contributed by atoms with Crippen molar-refractivity contribution in [2.24, 2.45) is 0 Å². The van der Waals surface area contributed by atoms with Crippen molar-refractivity contribution in [2.75, 3.05) is 0 Å². The molecule has 2 rings (SSSR count). The standard InChI is InChI=1S/C21H23F2NO5/c1-13(2)29-19(20(25)26)10-14-4-3-5-15(8-14)11-24-21(27)28-12-16-6-7-17(22)18(23)9-16/h3-9,13,19H,10-12H2,1-2H3,(H,24,27)(H,25,26). The second-order valence-electron chi connectivity index (χ2n) is 6.71. The third-order valence-electron chi connectivity index (χ3n) is 3.92. The largest absolute Gasteiger partial charge is 0.479 e. The van der Waals surface area contributed by atoms with Gasteiger partial charge in [-0.2, -0.15) is 0 Å². The lowest BCUT2D eigenvalue weighted by Crippen LogP contribution is -2.29. The third-order valence-corrected chi connectivity index (χ3v) is 3.92. The van der Waals surface area contributed by atoms with E-state index in [0.717, 1.165) is 23.3 Å². The summed E-state index contributed by atoms with van der Waals surface area (Å²) >= 11 is 0. The van der Waals surface area contributed by atoms with Gasteiger partial charge in [-0.15, -0.1) is 0 Å². The zero-order chi connectivity index (χ0) is 21.4. The van der Waals surface area contributed by atoms with E-state index < -0.39 is 29.8 Å². The lowest BCUT2D eigenvalue weighted by Gasteiger charge is -2.17. The van der Waals surface area contributed by atoms with E-state index in [-0.39, 0.29) is 25.7 Å². The molecule has 0 aromatic heterocycles. The topological polar surface area (TPSA) is 84.9 Å². The van der Waals surface area contributed by atoms with Crippen LogP contribution in [-0.4, -0.2) is 29.4 Å². The van der Waals surface area contributed by atoms with Gasteiger partial charge in [-0.05, 0) is 42.7 Å². The van der Waals surface area contributed by atoms with Crippen LogP contribution in [-0.2, 0) is 33.8 Å². The summed E-state index contributed by atoms with van der Waals surface area (Å²) < 4.78 is 36.4. The number of carbonyl (C=O) groups excluding carboxylic acids is 1. The Morgan fingerprint density at radius 3 is 2.41 bits per heavy atom. The fourth-order valence-electron chi connectivity index (χ4n) is 2.61. The van der Waals surface area contributed by atoms with Gasteiger partial charge in [0.05, 0.1) is 6.10 Å². The van der Waals surface area contributed by atoms with Crippen molar-refractivity contribution in [3.8, 4) is 0 Å². The van der Waals surface area contributed by atoms with Crippen molar-refractivity contribution in [1.29, 1.82) is 0 Å². The van der Waals surface area contributed by atoms with Gasteiger partial charge in [0.25, 0.3) is 0 Å². The Morgan fingerprint density at radius 1 is 1.03 bits per heavy atom. The van der Waals surface area contributed by atoms with Crippen LogP contribution in [0, 0.1) is 11.6 Å². The summed E-state index contributed by atoms with van der Waals surface area (Å²) in [6.45, 7) is 3.49. The van der Waals surface area contributed by atoms with Gasteiger partial charge in [0, 0.05) is 13.0 Å². The van der Waals surface area contributed by atoms with Gasteiger partial charge in [0.2, 0.25) is 0 Å². The monoisotopic (exact) mass is 407 g/mol.